The summed E-state index contributed by atoms with van der Waals surface area (Å²) in [5, 5.41) is 15.7. The van der Waals surface area contributed by atoms with Crippen LogP contribution in [0.1, 0.15) is 49.4 Å². The molecule has 29 heavy (non-hydrogen) atoms. The molecule has 152 valence electrons. The largest absolute Gasteiger partial charge is 0.396 e. The molecule has 1 aromatic carbocycles. The fourth-order valence-electron chi connectivity index (χ4n) is 3.77. The van der Waals surface area contributed by atoms with Gasteiger partial charge >= 0.3 is 0 Å². The minimum Gasteiger partial charge on any atom is -0.396 e. The molecule has 7 nitrogen and oxygen atoms in total. The second kappa shape index (κ2) is 7.15. The molecule has 1 atom stereocenters. The smallest absolute Gasteiger partial charge is 0.268 e. The second-order valence-corrected chi connectivity index (χ2v) is 8.60. The molecule has 0 saturated heterocycles. The Kier molecular flexibility index (Phi) is 4.78. The van der Waals surface area contributed by atoms with E-state index >= 15 is 0 Å². The molecule has 3 heterocycles. The molecule has 4 rings (SSSR count). The lowest BCUT2D eigenvalue weighted by atomic mass is 10.1. The highest BCUT2D eigenvalue weighted by Crippen LogP contribution is 2.32. The van der Waals surface area contributed by atoms with E-state index in [1.807, 2.05) is 42.0 Å². The number of fused-ring (bicyclic) bond motifs is 2. The first-order valence-corrected chi connectivity index (χ1v) is 9.93. The topological polar surface area (TPSA) is 92.1 Å². The number of aryl methyl sites for hydroxylation is 1. The summed E-state index contributed by atoms with van der Waals surface area (Å²) in [5.41, 5.74) is 4.80. The summed E-state index contributed by atoms with van der Waals surface area (Å²) in [7, 11) is 0. The molecule has 1 aliphatic rings. The van der Waals surface area contributed by atoms with Crippen molar-refractivity contribution in [3.8, 4) is 11.1 Å². The monoisotopic (exact) mass is 393 g/mol. The number of carbonyl (C=O) groups is 1. The fourth-order valence-corrected chi connectivity index (χ4v) is 3.77. The summed E-state index contributed by atoms with van der Waals surface area (Å²) in [6.07, 6.45) is 2.58. The normalized spacial score (nSPS) is 16.6. The fraction of sp³-hybridized carbons (Fsp3) is 0.409. The summed E-state index contributed by atoms with van der Waals surface area (Å²) < 4.78 is 1.97. The number of benzene rings is 1. The number of amides is 1. The first kappa shape index (κ1) is 19.4. The highest BCUT2D eigenvalue weighted by molar-refractivity contribution is 5.98. The summed E-state index contributed by atoms with van der Waals surface area (Å²) >= 11 is 0. The second-order valence-electron chi connectivity index (χ2n) is 8.60. The van der Waals surface area contributed by atoms with Gasteiger partial charge in [-0.15, -0.1) is 0 Å². The van der Waals surface area contributed by atoms with E-state index in [-0.39, 0.29) is 24.1 Å². The van der Waals surface area contributed by atoms with E-state index < -0.39 is 0 Å². The van der Waals surface area contributed by atoms with E-state index in [0.717, 1.165) is 33.7 Å². The third kappa shape index (κ3) is 3.70. The number of aliphatic hydroxyl groups is 1. The number of hydrogen-bond donors (Lipinski definition) is 3. The molecule has 3 aromatic rings. The Hall–Kier alpha value is -2.93. The number of anilines is 1. The van der Waals surface area contributed by atoms with Crippen LogP contribution in [0.25, 0.3) is 22.2 Å². The van der Waals surface area contributed by atoms with Crippen molar-refractivity contribution in [1.29, 1.82) is 0 Å². The minimum absolute atomic E-state index is 0.0443. The van der Waals surface area contributed by atoms with Crippen LogP contribution >= 0.6 is 0 Å². The molecular weight excluding hydrogens is 366 g/mol. The van der Waals surface area contributed by atoms with Gasteiger partial charge in [0.25, 0.3) is 5.91 Å². The van der Waals surface area contributed by atoms with Crippen LogP contribution in [-0.4, -0.2) is 44.2 Å². The van der Waals surface area contributed by atoms with E-state index in [1.54, 1.807) is 0 Å². The standard InChI is InChI=1S/C22H27N5O2/c1-13-20(26-22(2,3)4)25-19-16(6-5-7-17(19)24-13)14-10-18-21(29)23-11-15(8-9-28)27(18)12-14/h5-7,10,12,15,28H,8-9,11H2,1-4H3,(H,23,29)(H,25,26)/t15-/m0/s1. The van der Waals surface area contributed by atoms with Crippen molar-refractivity contribution >= 4 is 22.8 Å². The van der Waals surface area contributed by atoms with Crippen LogP contribution in [0.5, 0.6) is 0 Å². The summed E-state index contributed by atoms with van der Waals surface area (Å²) in [6, 6.07) is 7.86. The van der Waals surface area contributed by atoms with Gasteiger partial charge in [0.05, 0.1) is 22.8 Å². The lowest BCUT2D eigenvalue weighted by Gasteiger charge is -2.25. The van der Waals surface area contributed by atoms with E-state index in [9.17, 15) is 9.90 Å². The van der Waals surface area contributed by atoms with Crippen molar-refractivity contribution in [2.45, 2.75) is 45.7 Å². The molecule has 0 unspecified atom stereocenters. The Morgan fingerprint density at radius 3 is 2.83 bits per heavy atom. The lowest BCUT2D eigenvalue weighted by molar-refractivity contribution is 0.0907. The number of nitrogens with zero attached hydrogens (tertiary/aromatic N) is 3. The molecule has 0 bridgehead atoms. The predicted molar refractivity (Wildman–Crippen MR) is 114 cm³/mol. The van der Waals surface area contributed by atoms with Crippen molar-refractivity contribution in [3.63, 3.8) is 0 Å². The Morgan fingerprint density at radius 2 is 2.10 bits per heavy atom. The molecule has 1 aliphatic heterocycles. The van der Waals surface area contributed by atoms with Crippen LogP contribution in [0.15, 0.2) is 30.5 Å². The van der Waals surface area contributed by atoms with E-state index in [2.05, 4.69) is 31.4 Å². The van der Waals surface area contributed by atoms with Gasteiger partial charge in [-0.25, -0.2) is 9.97 Å². The van der Waals surface area contributed by atoms with Gasteiger partial charge in [0.1, 0.15) is 11.5 Å². The van der Waals surface area contributed by atoms with Crippen molar-refractivity contribution < 1.29 is 9.90 Å². The maximum atomic E-state index is 12.4. The molecule has 0 saturated carbocycles. The van der Waals surface area contributed by atoms with Gasteiger partial charge in [0.2, 0.25) is 0 Å². The minimum atomic E-state index is -0.132. The van der Waals surface area contributed by atoms with E-state index in [0.29, 0.717) is 18.7 Å². The van der Waals surface area contributed by atoms with Crippen molar-refractivity contribution in [1.82, 2.24) is 19.9 Å². The number of aromatic nitrogens is 3. The average molecular weight is 393 g/mol. The van der Waals surface area contributed by atoms with Crippen LogP contribution in [0, 0.1) is 6.92 Å². The van der Waals surface area contributed by atoms with Crippen molar-refractivity contribution in [3.05, 3.63) is 41.9 Å². The number of carbonyl (C=O) groups excluding carboxylic acids is 1. The summed E-state index contributed by atoms with van der Waals surface area (Å²) in [5.74, 6) is 0.667. The Labute approximate surface area is 170 Å². The Bertz CT molecular complexity index is 1080. The lowest BCUT2D eigenvalue weighted by Crippen LogP contribution is -2.38. The van der Waals surface area contributed by atoms with Gasteiger partial charge in [0, 0.05) is 36.0 Å². The van der Waals surface area contributed by atoms with E-state index in [1.165, 1.54) is 0 Å². The molecule has 2 aromatic heterocycles. The van der Waals surface area contributed by atoms with E-state index in [4.69, 9.17) is 9.97 Å². The zero-order chi connectivity index (χ0) is 20.8. The Morgan fingerprint density at radius 1 is 1.31 bits per heavy atom. The number of aliphatic hydroxyl groups excluding tert-OH is 1. The number of hydrogen-bond acceptors (Lipinski definition) is 5. The quantitative estimate of drug-likeness (QED) is 0.633. The predicted octanol–water partition coefficient (Wildman–Crippen LogP) is 3.28. The highest BCUT2D eigenvalue weighted by atomic mass is 16.3. The molecule has 0 spiro atoms. The van der Waals surface area contributed by atoms with Crippen LogP contribution in [0.4, 0.5) is 5.82 Å². The van der Waals surface area contributed by atoms with Gasteiger partial charge in [-0.05, 0) is 46.2 Å². The average Bonchev–Trinajstić information content (AvgIpc) is 3.09. The van der Waals surface area contributed by atoms with Crippen molar-refractivity contribution in [2.75, 3.05) is 18.5 Å². The SMILES string of the molecule is Cc1nc2cccc(-c3cc4n(c3)[C@@H](CCO)CNC4=O)c2nc1NC(C)(C)C. The highest BCUT2D eigenvalue weighted by Gasteiger charge is 2.26. The molecule has 0 fully saturated rings. The molecule has 3 N–H and O–H groups in total. The molecule has 1 amide bonds. The number of nitrogens with one attached hydrogen (secondary N) is 2. The van der Waals surface area contributed by atoms with Crippen LogP contribution < -0.4 is 10.6 Å². The number of rotatable bonds is 4. The van der Waals surface area contributed by atoms with Crippen molar-refractivity contribution in [2.24, 2.45) is 0 Å². The molecule has 0 aliphatic carbocycles. The molecule has 7 heteroatoms. The zero-order valence-electron chi connectivity index (χ0n) is 17.3. The number of para-hydroxylation sites is 1. The third-order valence-corrected chi connectivity index (χ3v) is 5.11. The molecule has 0 radical (unpaired) electrons. The first-order chi connectivity index (χ1) is 13.8. The maximum Gasteiger partial charge on any atom is 0.268 e. The van der Waals surface area contributed by atoms with Crippen LogP contribution in [0.3, 0.4) is 0 Å². The third-order valence-electron chi connectivity index (χ3n) is 5.11. The van der Waals surface area contributed by atoms with Gasteiger partial charge in [0.15, 0.2) is 0 Å². The zero-order valence-corrected chi connectivity index (χ0v) is 17.3. The first-order valence-electron chi connectivity index (χ1n) is 9.93. The summed E-state index contributed by atoms with van der Waals surface area (Å²) in [4.78, 5) is 22.0. The summed E-state index contributed by atoms with van der Waals surface area (Å²) in [6.45, 7) is 8.82. The maximum absolute atomic E-state index is 12.4. The Balaban J connectivity index is 1.85. The molecular formula is C22H27N5O2. The van der Waals surface area contributed by atoms with Crippen LogP contribution in [0.2, 0.25) is 0 Å². The van der Waals surface area contributed by atoms with Gasteiger partial charge in [-0.1, -0.05) is 12.1 Å². The van der Waals surface area contributed by atoms with Gasteiger partial charge in [-0.3, -0.25) is 4.79 Å². The van der Waals surface area contributed by atoms with Gasteiger partial charge < -0.3 is 20.3 Å². The van der Waals surface area contributed by atoms with Gasteiger partial charge in [-0.2, -0.15) is 0 Å². The van der Waals surface area contributed by atoms with Crippen LogP contribution in [-0.2, 0) is 0 Å².